The second kappa shape index (κ2) is 9.98. The molecule has 1 aliphatic heterocycles. The number of ether oxygens (including phenoxy) is 1. The number of rotatable bonds is 5. The minimum absolute atomic E-state index is 0. The molecule has 1 fully saturated rings. The lowest BCUT2D eigenvalue weighted by atomic mass is 9.92. The van der Waals surface area contributed by atoms with Crippen molar-refractivity contribution < 1.29 is 9.53 Å². The molecule has 0 spiro atoms. The van der Waals surface area contributed by atoms with Gasteiger partial charge in [-0.15, -0.1) is 12.4 Å². The minimum atomic E-state index is -0.281. The molecule has 0 bridgehead atoms. The number of hydrogen-bond donors (Lipinski definition) is 2. The van der Waals surface area contributed by atoms with Gasteiger partial charge < -0.3 is 15.4 Å². The van der Waals surface area contributed by atoms with Crippen molar-refractivity contribution in [1.29, 1.82) is 0 Å². The smallest absolute Gasteiger partial charge is 0.223 e. The summed E-state index contributed by atoms with van der Waals surface area (Å²) in [5, 5.41) is 7.20. The summed E-state index contributed by atoms with van der Waals surface area (Å²) in [5.41, 5.74) is 2.99. The average molecular weight is 409 g/mol. The fraction of sp³-hybridized carbons (Fsp3) is 0.381. The highest BCUT2D eigenvalue weighted by atomic mass is 35.5. The summed E-state index contributed by atoms with van der Waals surface area (Å²) < 4.78 is 5.32. The van der Waals surface area contributed by atoms with Gasteiger partial charge in [-0.1, -0.05) is 35.9 Å². The Morgan fingerprint density at radius 2 is 1.89 bits per heavy atom. The van der Waals surface area contributed by atoms with Crippen molar-refractivity contribution in [1.82, 2.24) is 10.6 Å². The van der Waals surface area contributed by atoms with Crippen LogP contribution < -0.4 is 15.4 Å². The SMILES string of the molecule is COc1ccc(C(NC(=O)C2CCNCC2)c2ccccc2Cl)c(C)c1.Cl. The molecule has 146 valence electrons. The molecule has 2 aromatic rings. The van der Waals surface area contributed by atoms with Crippen LogP contribution >= 0.6 is 24.0 Å². The molecular formula is C21H26Cl2N2O2. The molecule has 2 aromatic carbocycles. The highest BCUT2D eigenvalue weighted by molar-refractivity contribution is 6.31. The number of hydrogen-bond acceptors (Lipinski definition) is 3. The summed E-state index contributed by atoms with van der Waals surface area (Å²) in [5.74, 6) is 0.931. The van der Waals surface area contributed by atoms with Crippen molar-refractivity contribution in [3.8, 4) is 5.75 Å². The third kappa shape index (κ3) is 5.16. The van der Waals surface area contributed by atoms with Crippen LogP contribution in [0.5, 0.6) is 5.75 Å². The molecule has 1 aliphatic rings. The topological polar surface area (TPSA) is 50.4 Å². The maximum atomic E-state index is 12.9. The maximum absolute atomic E-state index is 12.9. The normalized spacial score (nSPS) is 15.5. The van der Waals surface area contributed by atoms with E-state index in [0.29, 0.717) is 5.02 Å². The number of halogens is 2. The van der Waals surface area contributed by atoms with Gasteiger partial charge in [0.25, 0.3) is 0 Å². The fourth-order valence-electron chi connectivity index (χ4n) is 3.48. The van der Waals surface area contributed by atoms with Gasteiger partial charge in [0.1, 0.15) is 5.75 Å². The summed E-state index contributed by atoms with van der Waals surface area (Å²) in [6.07, 6.45) is 1.73. The predicted octanol–water partition coefficient (Wildman–Crippen LogP) is 4.28. The van der Waals surface area contributed by atoms with E-state index in [1.165, 1.54) is 0 Å². The Morgan fingerprint density at radius 3 is 2.52 bits per heavy atom. The molecule has 4 nitrogen and oxygen atoms in total. The van der Waals surface area contributed by atoms with Crippen LogP contribution in [0.1, 0.15) is 35.6 Å². The first-order valence-corrected chi connectivity index (χ1v) is 9.38. The third-order valence-electron chi connectivity index (χ3n) is 5.00. The van der Waals surface area contributed by atoms with Crippen LogP contribution in [0.15, 0.2) is 42.5 Å². The lowest BCUT2D eigenvalue weighted by Crippen LogP contribution is -2.40. The van der Waals surface area contributed by atoms with Gasteiger partial charge in [0.15, 0.2) is 0 Å². The number of methoxy groups -OCH3 is 1. The van der Waals surface area contributed by atoms with E-state index in [1.54, 1.807) is 7.11 Å². The summed E-state index contributed by atoms with van der Waals surface area (Å²) in [6, 6.07) is 13.3. The molecule has 0 aromatic heterocycles. The fourth-order valence-corrected chi connectivity index (χ4v) is 3.72. The lowest BCUT2D eigenvalue weighted by molar-refractivity contribution is -0.126. The molecule has 2 N–H and O–H groups in total. The van der Waals surface area contributed by atoms with Crippen LogP contribution in [0.4, 0.5) is 0 Å². The quantitative estimate of drug-likeness (QED) is 0.775. The maximum Gasteiger partial charge on any atom is 0.223 e. The number of carbonyl (C=O) groups excluding carboxylic acids is 1. The largest absolute Gasteiger partial charge is 0.497 e. The van der Waals surface area contributed by atoms with E-state index in [0.717, 1.165) is 48.4 Å². The Hall–Kier alpha value is -1.75. The van der Waals surface area contributed by atoms with E-state index in [2.05, 4.69) is 10.6 Å². The van der Waals surface area contributed by atoms with E-state index < -0.39 is 0 Å². The van der Waals surface area contributed by atoms with Crippen molar-refractivity contribution in [3.05, 3.63) is 64.2 Å². The van der Waals surface area contributed by atoms with Gasteiger partial charge in [0.05, 0.1) is 13.2 Å². The number of benzene rings is 2. The molecule has 1 atom stereocenters. The molecule has 0 saturated carbocycles. The van der Waals surface area contributed by atoms with Gasteiger partial charge in [0, 0.05) is 10.9 Å². The van der Waals surface area contributed by atoms with Crippen molar-refractivity contribution in [2.45, 2.75) is 25.8 Å². The Labute approximate surface area is 172 Å². The summed E-state index contributed by atoms with van der Waals surface area (Å²) in [7, 11) is 1.65. The highest BCUT2D eigenvalue weighted by Gasteiger charge is 2.26. The van der Waals surface area contributed by atoms with Gasteiger partial charge >= 0.3 is 0 Å². The zero-order chi connectivity index (χ0) is 18.5. The molecule has 0 radical (unpaired) electrons. The Kier molecular flexibility index (Phi) is 7.96. The molecule has 0 aliphatic carbocycles. The van der Waals surface area contributed by atoms with Crippen LogP contribution in [0.2, 0.25) is 5.02 Å². The molecular weight excluding hydrogens is 383 g/mol. The second-order valence-electron chi connectivity index (χ2n) is 6.71. The molecule has 6 heteroatoms. The van der Waals surface area contributed by atoms with Gasteiger partial charge in [-0.2, -0.15) is 0 Å². The first-order chi connectivity index (χ1) is 12.6. The second-order valence-corrected chi connectivity index (χ2v) is 7.12. The molecule has 27 heavy (non-hydrogen) atoms. The first-order valence-electron chi connectivity index (χ1n) is 9.00. The number of carbonyl (C=O) groups is 1. The summed E-state index contributed by atoms with van der Waals surface area (Å²) >= 11 is 6.46. The summed E-state index contributed by atoms with van der Waals surface area (Å²) in [6.45, 7) is 3.80. The van der Waals surface area contributed by atoms with E-state index in [-0.39, 0.29) is 30.3 Å². The van der Waals surface area contributed by atoms with Crippen LogP contribution in [0.3, 0.4) is 0 Å². The molecule has 3 rings (SSSR count). The Bertz CT molecular complexity index is 777. The van der Waals surface area contributed by atoms with Crippen LogP contribution in [-0.4, -0.2) is 26.1 Å². The van der Waals surface area contributed by atoms with Crippen molar-refractivity contribution in [2.75, 3.05) is 20.2 Å². The van der Waals surface area contributed by atoms with E-state index in [9.17, 15) is 4.79 Å². The monoisotopic (exact) mass is 408 g/mol. The third-order valence-corrected chi connectivity index (χ3v) is 5.34. The van der Waals surface area contributed by atoms with Gasteiger partial charge in [-0.3, -0.25) is 4.79 Å². The number of aryl methyl sites for hydroxylation is 1. The minimum Gasteiger partial charge on any atom is -0.497 e. The number of amides is 1. The van der Waals surface area contributed by atoms with Gasteiger partial charge in [-0.05, 0) is 67.7 Å². The van der Waals surface area contributed by atoms with Crippen molar-refractivity contribution in [3.63, 3.8) is 0 Å². The Balaban J connectivity index is 0.00000261. The van der Waals surface area contributed by atoms with Crippen LogP contribution in [0, 0.1) is 12.8 Å². The average Bonchev–Trinajstić information content (AvgIpc) is 2.67. The Morgan fingerprint density at radius 1 is 1.19 bits per heavy atom. The van der Waals surface area contributed by atoms with E-state index >= 15 is 0 Å². The van der Waals surface area contributed by atoms with Crippen LogP contribution in [0.25, 0.3) is 0 Å². The highest BCUT2D eigenvalue weighted by Crippen LogP contribution is 2.32. The molecule has 1 unspecified atom stereocenters. The lowest BCUT2D eigenvalue weighted by Gasteiger charge is -2.27. The van der Waals surface area contributed by atoms with Crippen molar-refractivity contribution in [2.24, 2.45) is 5.92 Å². The number of piperidine rings is 1. The zero-order valence-electron chi connectivity index (χ0n) is 15.6. The molecule has 1 amide bonds. The predicted molar refractivity (Wildman–Crippen MR) is 112 cm³/mol. The van der Waals surface area contributed by atoms with Crippen LogP contribution in [-0.2, 0) is 4.79 Å². The zero-order valence-corrected chi connectivity index (χ0v) is 17.2. The van der Waals surface area contributed by atoms with E-state index in [4.69, 9.17) is 16.3 Å². The van der Waals surface area contributed by atoms with Gasteiger partial charge in [-0.25, -0.2) is 0 Å². The molecule has 1 saturated heterocycles. The van der Waals surface area contributed by atoms with Crippen molar-refractivity contribution >= 4 is 29.9 Å². The number of nitrogens with one attached hydrogen (secondary N) is 2. The standard InChI is InChI=1S/C21H25ClN2O2.ClH/c1-14-13-16(26-2)7-8-17(14)20(18-5-3-4-6-19(18)22)24-21(25)15-9-11-23-12-10-15;/h3-8,13,15,20,23H,9-12H2,1-2H3,(H,24,25);1H. The van der Waals surface area contributed by atoms with Gasteiger partial charge in [0.2, 0.25) is 5.91 Å². The first kappa shape index (κ1) is 21.5. The van der Waals surface area contributed by atoms with E-state index in [1.807, 2.05) is 49.4 Å². The molecule has 1 heterocycles. The summed E-state index contributed by atoms with van der Waals surface area (Å²) in [4.78, 5) is 12.9.